The quantitative estimate of drug-likeness (QED) is 0.276. The maximum Gasteiger partial charge on any atom is 0.251 e. The van der Waals surface area contributed by atoms with Crippen LogP contribution in [0.2, 0.25) is 5.02 Å². The summed E-state index contributed by atoms with van der Waals surface area (Å²) in [5.74, 6) is 2.12. The topological polar surface area (TPSA) is 60.0 Å². The van der Waals surface area contributed by atoms with Gasteiger partial charge in [-0.05, 0) is 91.7 Å². The van der Waals surface area contributed by atoms with Crippen LogP contribution in [0.25, 0.3) is 5.57 Å². The molecule has 0 saturated heterocycles. The molecule has 40 heavy (non-hydrogen) atoms. The van der Waals surface area contributed by atoms with E-state index in [0.717, 1.165) is 48.3 Å². The van der Waals surface area contributed by atoms with Gasteiger partial charge in [-0.1, -0.05) is 41.9 Å². The molecule has 0 spiro atoms. The summed E-state index contributed by atoms with van der Waals surface area (Å²) in [4.78, 5) is 16.1. The van der Waals surface area contributed by atoms with Crippen molar-refractivity contribution in [2.24, 2.45) is 0 Å². The third kappa shape index (κ3) is 6.62. The minimum Gasteiger partial charge on any atom is -0.493 e. The minimum absolute atomic E-state index is 0.153. The second-order valence-electron chi connectivity index (χ2n) is 10.4. The summed E-state index contributed by atoms with van der Waals surface area (Å²) in [7, 11) is 1.59. The van der Waals surface area contributed by atoms with Gasteiger partial charge in [-0.2, -0.15) is 0 Å². The Bertz CT molecular complexity index is 1380. The molecule has 1 N–H and O–H groups in total. The van der Waals surface area contributed by atoms with Gasteiger partial charge in [-0.3, -0.25) is 4.79 Å². The Kier molecular flexibility index (Phi) is 8.98. The third-order valence-corrected chi connectivity index (χ3v) is 7.96. The monoisotopic (exact) mass is 560 g/mol. The lowest BCUT2D eigenvalue weighted by Crippen LogP contribution is -2.39. The minimum atomic E-state index is 0.153. The number of benzene rings is 3. The molecule has 0 aromatic heterocycles. The van der Waals surface area contributed by atoms with Gasteiger partial charge in [0.15, 0.2) is 11.5 Å². The van der Waals surface area contributed by atoms with Crippen molar-refractivity contribution in [3.05, 3.63) is 93.5 Å². The van der Waals surface area contributed by atoms with Gasteiger partial charge in [-0.25, -0.2) is 0 Å². The normalized spacial score (nSPS) is 15.1. The predicted molar refractivity (Wildman–Crippen MR) is 159 cm³/mol. The Balaban J connectivity index is 1.25. The number of amides is 1. The van der Waals surface area contributed by atoms with E-state index in [4.69, 9.17) is 25.8 Å². The third-order valence-electron chi connectivity index (χ3n) is 7.72. The number of ether oxygens (including phenoxy) is 3. The zero-order valence-corrected chi connectivity index (χ0v) is 24.2. The molecule has 1 amide bonds. The smallest absolute Gasteiger partial charge is 0.251 e. The van der Waals surface area contributed by atoms with E-state index in [1.807, 2.05) is 12.1 Å². The number of rotatable bonds is 11. The molecule has 0 atom stereocenters. The van der Waals surface area contributed by atoms with Crippen LogP contribution in [0.1, 0.15) is 41.5 Å². The van der Waals surface area contributed by atoms with Crippen molar-refractivity contribution in [2.75, 3.05) is 33.4 Å². The molecule has 1 aliphatic carbocycles. The van der Waals surface area contributed by atoms with E-state index in [0.29, 0.717) is 48.9 Å². The maximum absolute atomic E-state index is 14.0. The van der Waals surface area contributed by atoms with Crippen molar-refractivity contribution in [3.8, 4) is 17.2 Å². The summed E-state index contributed by atoms with van der Waals surface area (Å²) in [5, 5.41) is 4.02. The van der Waals surface area contributed by atoms with E-state index in [-0.39, 0.29) is 5.91 Å². The van der Waals surface area contributed by atoms with Crippen LogP contribution in [0.4, 0.5) is 0 Å². The van der Waals surface area contributed by atoms with Crippen LogP contribution in [-0.2, 0) is 11.3 Å². The van der Waals surface area contributed by atoms with Crippen molar-refractivity contribution < 1.29 is 19.0 Å². The Morgan fingerprint density at radius 3 is 2.52 bits per heavy atom. The van der Waals surface area contributed by atoms with Crippen molar-refractivity contribution in [1.82, 2.24) is 10.2 Å². The van der Waals surface area contributed by atoms with Crippen molar-refractivity contribution >= 4 is 23.1 Å². The second kappa shape index (κ2) is 12.8. The van der Waals surface area contributed by atoms with Crippen LogP contribution >= 0.6 is 11.6 Å². The van der Waals surface area contributed by atoms with Gasteiger partial charge < -0.3 is 24.4 Å². The molecule has 6 nitrogen and oxygen atoms in total. The molecule has 0 bridgehead atoms. The molecule has 1 saturated carbocycles. The maximum atomic E-state index is 14.0. The molecular formula is C33H37ClN2O4. The van der Waals surface area contributed by atoms with Gasteiger partial charge in [0.05, 0.1) is 7.11 Å². The van der Waals surface area contributed by atoms with Crippen molar-refractivity contribution in [1.29, 1.82) is 0 Å². The van der Waals surface area contributed by atoms with Crippen LogP contribution in [0.15, 0.2) is 66.2 Å². The molecule has 2 aliphatic rings. The van der Waals surface area contributed by atoms with E-state index in [9.17, 15) is 4.79 Å². The Hall–Kier alpha value is -3.48. The molecule has 0 unspecified atom stereocenters. The zero-order chi connectivity index (χ0) is 28.1. The second-order valence-corrected chi connectivity index (χ2v) is 10.9. The molecule has 210 valence electrons. The van der Waals surface area contributed by atoms with Crippen LogP contribution in [0.5, 0.6) is 17.2 Å². The highest BCUT2D eigenvalue weighted by Crippen LogP contribution is 2.34. The molecule has 7 heteroatoms. The molecule has 5 rings (SSSR count). The number of carbonyl (C=O) groups excluding carboxylic acids is 1. The lowest BCUT2D eigenvalue weighted by Gasteiger charge is -2.29. The first-order valence-corrected chi connectivity index (χ1v) is 14.3. The number of halogens is 1. The Labute approximate surface area is 241 Å². The average molecular weight is 561 g/mol. The lowest BCUT2D eigenvalue weighted by atomic mass is 9.93. The summed E-state index contributed by atoms with van der Waals surface area (Å²) in [6.07, 6.45) is 2.97. The standard InChI is InChI=1S/C33H37ClN2O4/c1-22-5-4-6-25(23(22)2)21-36(27-10-11-27)33(37)30-20-35-16-15-29(30)24-7-12-28(13-8-24)39-17-18-40-31-14-9-26(34)19-32(31)38-3/h4-9,12-14,19,27,35H,10-11,15-18,20-21H2,1-3H3. The molecule has 1 fully saturated rings. The first kappa shape index (κ1) is 28.1. The zero-order valence-electron chi connectivity index (χ0n) is 23.5. The highest BCUT2D eigenvalue weighted by molar-refractivity contribution is 6.30. The number of nitrogens with zero attached hydrogens (tertiary/aromatic N) is 1. The Morgan fingerprint density at radius 1 is 1.00 bits per heavy atom. The number of nitrogens with one attached hydrogen (secondary N) is 1. The molecule has 3 aromatic rings. The SMILES string of the molecule is COc1cc(Cl)ccc1OCCOc1ccc(C2=C(C(=O)N(Cc3cccc(C)c3C)C3CC3)CNCC2)cc1. The van der Waals surface area contributed by atoms with Gasteiger partial charge in [-0.15, -0.1) is 0 Å². The summed E-state index contributed by atoms with van der Waals surface area (Å²) < 4.78 is 17.0. The number of aryl methyl sites for hydroxylation is 1. The number of hydrogen-bond donors (Lipinski definition) is 1. The number of carbonyl (C=O) groups is 1. The molecule has 0 radical (unpaired) electrons. The van der Waals surface area contributed by atoms with Crippen LogP contribution < -0.4 is 19.5 Å². The fourth-order valence-corrected chi connectivity index (χ4v) is 5.29. The largest absolute Gasteiger partial charge is 0.493 e. The van der Waals surface area contributed by atoms with Crippen LogP contribution in [0, 0.1) is 13.8 Å². The number of hydrogen-bond acceptors (Lipinski definition) is 5. The predicted octanol–water partition coefficient (Wildman–Crippen LogP) is 6.36. The van der Waals surface area contributed by atoms with Gasteiger partial charge in [0.25, 0.3) is 5.91 Å². The van der Waals surface area contributed by atoms with E-state index in [2.05, 4.69) is 54.4 Å². The summed E-state index contributed by atoms with van der Waals surface area (Å²) in [6, 6.07) is 20.0. The van der Waals surface area contributed by atoms with Crippen LogP contribution in [-0.4, -0.2) is 50.3 Å². The van der Waals surface area contributed by atoms with E-state index in [1.54, 1.807) is 25.3 Å². The first-order valence-electron chi connectivity index (χ1n) is 13.9. The average Bonchev–Trinajstić information content (AvgIpc) is 3.82. The first-order chi connectivity index (χ1) is 19.4. The fourth-order valence-electron chi connectivity index (χ4n) is 5.12. The van der Waals surface area contributed by atoms with Crippen molar-refractivity contribution in [3.63, 3.8) is 0 Å². The lowest BCUT2D eigenvalue weighted by molar-refractivity contribution is -0.128. The Morgan fingerprint density at radius 2 is 1.77 bits per heavy atom. The van der Waals surface area contributed by atoms with Crippen molar-refractivity contribution in [2.45, 2.75) is 45.7 Å². The molecular weight excluding hydrogens is 524 g/mol. The van der Waals surface area contributed by atoms with Crippen LogP contribution in [0.3, 0.4) is 0 Å². The fraction of sp³-hybridized carbons (Fsp3) is 0.364. The molecule has 1 heterocycles. The summed E-state index contributed by atoms with van der Waals surface area (Å²) >= 11 is 6.02. The highest BCUT2D eigenvalue weighted by atomic mass is 35.5. The van der Waals surface area contributed by atoms with Gasteiger partial charge in [0.2, 0.25) is 0 Å². The van der Waals surface area contributed by atoms with E-state index < -0.39 is 0 Å². The summed E-state index contributed by atoms with van der Waals surface area (Å²) in [6.45, 7) is 7.14. The van der Waals surface area contributed by atoms with Gasteiger partial charge in [0.1, 0.15) is 19.0 Å². The van der Waals surface area contributed by atoms with E-state index >= 15 is 0 Å². The highest BCUT2D eigenvalue weighted by Gasteiger charge is 2.35. The van der Waals surface area contributed by atoms with E-state index in [1.165, 1.54) is 16.7 Å². The molecule has 1 aliphatic heterocycles. The number of methoxy groups -OCH3 is 1. The summed E-state index contributed by atoms with van der Waals surface area (Å²) in [5.41, 5.74) is 6.83. The van der Waals surface area contributed by atoms with Gasteiger partial charge >= 0.3 is 0 Å². The van der Waals surface area contributed by atoms with Gasteiger partial charge in [0, 0.05) is 35.8 Å². The molecule has 3 aromatic carbocycles.